The Bertz CT molecular complexity index is 1070. The van der Waals surface area contributed by atoms with Crippen LogP contribution in [0.5, 0.6) is 0 Å². The quantitative estimate of drug-likeness (QED) is 0.629. The fourth-order valence-electron chi connectivity index (χ4n) is 2.73. The van der Waals surface area contributed by atoms with Gasteiger partial charge in [-0.25, -0.2) is 4.79 Å². The Kier molecular flexibility index (Phi) is 5.09. The fourth-order valence-corrected chi connectivity index (χ4v) is 4.51. The Hall–Kier alpha value is -3.06. The van der Waals surface area contributed by atoms with E-state index in [4.69, 9.17) is 0 Å². The molecule has 0 saturated heterocycles. The van der Waals surface area contributed by atoms with Crippen LogP contribution in [-0.4, -0.2) is 17.3 Å². The standard InChI is InChI=1S/C20H12N2O2S2/c1-25-20-16(11-22)17(18(26-20)19(23)24)13-8-6-12(7-9-13)15-5-3-2-4-14(15)10-21/h2-9H,1H3,(H,23,24). The minimum absolute atomic E-state index is 0.163. The average molecular weight is 376 g/mol. The highest BCUT2D eigenvalue weighted by Gasteiger charge is 2.23. The topological polar surface area (TPSA) is 84.9 Å². The molecule has 26 heavy (non-hydrogen) atoms. The van der Waals surface area contributed by atoms with E-state index in [1.54, 1.807) is 18.2 Å². The molecule has 0 spiro atoms. The summed E-state index contributed by atoms with van der Waals surface area (Å²) in [5.41, 5.74) is 3.77. The van der Waals surface area contributed by atoms with Crippen molar-refractivity contribution in [3.05, 3.63) is 64.5 Å². The minimum atomic E-state index is -1.04. The predicted octanol–water partition coefficient (Wildman–Crippen LogP) is 5.25. The van der Waals surface area contributed by atoms with Crippen molar-refractivity contribution in [1.82, 2.24) is 0 Å². The van der Waals surface area contributed by atoms with Gasteiger partial charge in [0.1, 0.15) is 10.9 Å². The van der Waals surface area contributed by atoms with Gasteiger partial charge in [-0.2, -0.15) is 10.5 Å². The van der Waals surface area contributed by atoms with Gasteiger partial charge in [-0.05, 0) is 29.0 Å². The average Bonchev–Trinajstić information content (AvgIpc) is 3.07. The summed E-state index contributed by atoms with van der Waals surface area (Å²) >= 11 is 2.49. The molecule has 0 saturated carbocycles. The molecule has 0 aliphatic heterocycles. The van der Waals surface area contributed by atoms with E-state index in [0.717, 1.165) is 22.5 Å². The van der Waals surface area contributed by atoms with Gasteiger partial charge in [-0.1, -0.05) is 42.5 Å². The summed E-state index contributed by atoms with van der Waals surface area (Å²) in [5.74, 6) is -1.04. The Morgan fingerprint density at radius 3 is 2.27 bits per heavy atom. The zero-order chi connectivity index (χ0) is 18.7. The van der Waals surface area contributed by atoms with Gasteiger partial charge in [0.2, 0.25) is 0 Å². The van der Waals surface area contributed by atoms with E-state index < -0.39 is 5.97 Å². The Morgan fingerprint density at radius 2 is 1.69 bits per heavy atom. The Morgan fingerprint density at radius 1 is 1.04 bits per heavy atom. The van der Waals surface area contributed by atoms with Crippen LogP contribution in [0.4, 0.5) is 0 Å². The molecular formula is C20H12N2O2S2. The lowest BCUT2D eigenvalue weighted by molar-refractivity contribution is 0.0703. The number of carbonyl (C=O) groups is 1. The van der Waals surface area contributed by atoms with Crippen molar-refractivity contribution >= 4 is 29.1 Å². The minimum Gasteiger partial charge on any atom is -0.477 e. The normalized spacial score (nSPS) is 10.1. The molecule has 1 heterocycles. The molecule has 0 fully saturated rings. The summed E-state index contributed by atoms with van der Waals surface area (Å²) in [5, 5.41) is 28.3. The molecule has 0 amide bonds. The summed E-state index contributed by atoms with van der Waals surface area (Å²) in [6.07, 6.45) is 1.82. The van der Waals surface area contributed by atoms with E-state index >= 15 is 0 Å². The first kappa shape index (κ1) is 17.8. The van der Waals surface area contributed by atoms with Gasteiger partial charge >= 0.3 is 5.97 Å². The van der Waals surface area contributed by atoms with E-state index in [1.165, 1.54) is 11.8 Å². The van der Waals surface area contributed by atoms with Crippen LogP contribution in [0, 0.1) is 22.7 Å². The van der Waals surface area contributed by atoms with E-state index in [1.807, 2.05) is 36.6 Å². The fraction of sp³-hybridized carbons (Fsp3) is 0.0500. The number of carboxylic acids is 1. The largest absolute Gasteiger partial charge is 0.477 e. The van der Waals surface area contributed by atoms with Crippen molar-refractivity contribution in [2.24, 2.45) is 0 Å². The number of nitrogens with zero attached hydrogens (tertiary/aromatic N) is 2. The lowest BCUT2D eigenvalue weighted by Crippen LogP contribution is -1.95. The van der Waals surface area contributed by atoms with Crippen molar-refractivity contribution in [2.75, 3.05) is 6.26 Å². The van der Waals surface area contributed by atoms with E-state index in [9.17, 15) is 20.4 Å². The van der Waals surface area contributed by atoms with Gasteiger partial charge in [0.15, 0.2) is 0 Å². The SMILES string of the molecule is CSc1sc(C(=O)O)c(-c2ccc(-c3ccccc3C#N)cc2)c1C#N. The van der Waals surface area contributed by atoms with Crippen molar-refractivity contribution < 1.29 is 9.90 Å². The molecule has 0 aliphatic carbocycles. The van der Waals surface area contributed by atoms with Gasteiger partial charge in [0.25, 0.3) is 0 Å². The first-order valence-electron chi connectivity index (χ1n) is 7.54. The van der Waals surface area contributed by atoms with E-state index in [-0.39, 0.29) is 4.88 Å². The first-order chi connectivity index (χ1) is 12.6. The second kappa shape index (κ2) is 7.45. The van der Waals surface area contributed by atoms with Crippen LogP contribution >= 0.6 is 23.1 Å². The maximum Gasteiger partial charge on any atom is 0.346 e. The highest BCUT2D eigenvalue weighted by Crippen LogP contribution is 2.41. The van der Waals surface area contributed by atoms with Gasteiger partial charge in [0, 0.05) is 5.56 Å². The zero-order valence-corrected chi connectivity index (χ0v) is 15.3. The van der Waals surface area contributed by atoms with Gasteiger partial charge in [-0.15, -0.1) is 23.1 Å². The zero-order valence-electron chi connectivity index (χ0n) is 13.7. The van der Waals surface area contributed by atoms with E-state index in [2.05, 4.69) is 12.1 Å². The molecule has 0 bridgehead atoms. The van der Waals surface area contributed by atoms with Crippen LogP contribution < -0.4 is 0 Å². The molecule has 1 aromatic heterocycles. The molecule has 2 aromatic carbocycles. The third-order valence-corrected chi connectivity index (χ3v) is 6.20. The van der Waals surface area contributed by atoms with Crippen molar-refractivity contribution in [1.29, 1.82) is 10.5 Å². The number of nitriles is 2. The molecule has 6 heteroatoms. The number of thioether (sulfide) groups is 1. The Labute approximate surface area is 159 Å². The van der Waals surface area contributed by atoms with Crippen LogP contribution in [0.3, 0.4) is 0 Å². The number of hydrogen-bond acceptors (Lipinski definition) is 5. The van der Waals surface area contributed by atoms with E-state index in [0.29, 0.717) is 26.5 Å². The lowest BCUT2D eigenvalue weighted by atomic mass is 9.96. The third-order valence-electron chi connectivity index (χ3n) is 3.90. The second-order valence-electron chi connectivity index (χ2n) is 5.32. The summed E-state index contributed by atoms with van der Waals surface area (Å²) in [4.78, 5) is 11.8. The highest BCUT2D eigenvalue weighted by molar-refractivity contribution is 8.00. The molecular weight excluding hydrogens is 364 g/mol. The van der Waals surface area contributed by atoms with Crippen LogP contribution in [-0.2, 0) is 0 Å². The predicted molar refractivity (Wildman–Crippen MR) is 103 cm³/mol. The summed E-state index contributed by atoms with van der Waals surface area (Å²) < 4.78 is 0.693. The summed E-state index contributed by atoms with van der Waals surface area (Å²) in [6.45, 7) is 0. The monoisotopic (exact) mass is 376 g/mol. The molecule has 126 valence electrons. The molecule has 3 rings (SSSR count). The molecule has 1 N–H and O–H groups in total. The maximum absolute atomic E-state index is 11.6. The van der Waals surface area contributed by atoms with Crippen molar-refractivity contribution in [2.45, 2.75) is 4.21 Å². The number of carboxylic acid groups (broad SMARTS) is 1. The van der Waals surface area contributed by atoms with Gasteiger partial charge in [0.05, 0.1) is 21.4 Å². The first-order valence-corrected chi connectivity index (χ1v) is 9.59. The number of benzene rings is 2. The van der Waals surface area contributed by atoms with Gasteiger partial charge < -0.3 is 5.11 Å². The number of rotatable bonds is 4. The molecule has 0 aliphatic rings. The smallest absolute Gasteiger partial charge is 0.346 e. The second-order valence-corrected chi connectivity index (χ2v) is 7.42. The molecule has 4 nitrogen and oxygen atoms in total. The van der Waals surface area contributed by atoms with Crippen LogP contribution in [0.1, 0.15) is 20.8 Å². The highest BCUT2D eigenvalue weighted by atomic mass is 32.2. The number of aromatic carboxylic acids is 1. The molecule has 0 unspecified atom stereocenters. The number of thiophene rings is 1. The molecule has 3 aromatic rings. The lowest BCUT2D eigenvalue weighted by Gasteiger charge is -2.07. The molecule has 0 radical (unpaired) electrons. The summed E-state index contributed by atoms with van der Waals surface area (Å²) in [6, 6.07) is 18.9. The van der Waals surface area contributed by atoms with Gasteiger partial charge in [-0.3, -0.25) is 0 Å². The Balaban J connectivity index is 2.13. The summed E-state index contributed by atoms with van der Waals surface area (Å²) in [7, 11) is 0. The number of hydrogen-bond donors (Lipinski definition) is 1. The third kappa shape index (κ3) is 3.09. The molecule has 0 atom stereocenters. The maximum atomic E-state index is 11.6. The van der Waals surface area contributed by atoms with Crippen LogP contribution in [0.25, 0.3) is 22.3 Å². The van der Waals surface area contributed by atoms with Crippen LogP contribution in [0.15, 0.2) is 52.7 Å². The van der Waals surface area contributed by atoms with Crippen molar-refractivity contribution in [3.63, 3.8) is 0 Å². The van der Waals surface area contributed by atoms with Crippen molar-refractivity contribution in [3.8, 4) is 34.4 Å². The van der Waals surface area contributed by atoms with Crippen LogP contribution in [0.2, 0.25) is 0 Å².